The highest BCUT2D eigenvalue weighted by Crippen LogP contribution is 2.24. The molecule has 0 heterocycles. The number of hydrogen-bond acceptors (Lipinski definition) is 2. The van der Waals surface area contributed by atoms with Gasteiger partial charge in [-0.1, -0.05) is 65.0 Å². The van der Waals surface area contributed by atoms with Crippen LogP contribution in [-0.2, 0) is 0 Å². The second-order valence-corrected chi connectivity index (χ2v) is 4.38. The molecule has 16 heavy (non-hydrogen) atoms. The molecule has 0 radical (unpaired) electrons. The van der Waals surface area contributed by atoms with Crippen LogP contribution < -0.4 is 5.48 Å². The van der Waals surface area contributed by atoms with Gasteiger partial charge in [-0.15, -0.1) is 0 Å². The summed E-state index contributed by atoms with van der Waals surface area (Å²) in [4.78, 5) is 0. The Balaban J connectivity index is 0. The van der Waals surface area contributed by atoms with Gasteiger partial charge in [0.15, 0.2) is 0 Å². The van der Waals surface area contributed by atoms with E-state index < -0.39 is 0 Å². The van der Waals surface area contributed by atoms with E-state index in [1.165, 1.54) is 5.57 Å². The molecule has 0 aromatic rings. The molecule has 0 amide bonds. The van der Waals surface area contributed by atoms with Crippen LogP contribution in [-0.4, -0.2) is 11.8 Å². The van der Waals surface area contributed by atoms with E-state index in [-0.39, 0.29) is 5.41 Å². The second-order valence-electron chi connectivity index (χ2n) is 4.38. The van der Waals surface area contributed by atoms with Gasteiger partial charge in [-0.25, -0.2) is 5.48 Å². The van der Waals surface area contributed by atoms with Crippen LogP contribution in [0.15, 0.2) is 36.0 Å². The van der Waals surface area contributed by atoms with Gasteiger partial charge < -0.3 is 5.21 Å². The third-order valence-electron chi connectivity index (χ3n) is 2.28. The van der Waals surface area contributed by atoms with Crippen LogP contribution in [0.4, 0.5) is 0 Å². The number of hydroxylamine groups is 1. The fourth-order valence-corrected chi connectivity index (χ4v) is 0.772. The van der Waals surface area contributed by atoms with Crippen LogP contribution in [0.5, 0.6) is 0 Å². The molecule has 0 fully saturated rings. The first-order valence-corrected chi connectivity index (χ1v) is 5.79. The van der Waals surface area contributed by atoms with E-state index in [2.05, 4.69) is 45.8 Å². The van der Waals surface area contributed by atoms with E-state index in [9.17, 15) is 0 Å². The SMILES string of the molecule is C=C/C(=C\C=C(/C)C(C)(C)C)CNO.CC. The minimum atomic E-state index is 0.190. The Morgan fingerprint density at radius 1 is 1.25 bits per heavy atom. The van der Waals surface area contributed by atoms with Crippen molar-refractivity contribution in [2.45, 2.75) is 41.5 Å². The lowest BCUT2D eigenvalue weighted by atomic mass is 9.87. The van der Waals surface area contributed by atoms with Crippen molar-refractivity contribution in [3.8, 4) is 0 Å². The molecule has 0 atom stereocenters. The van der Waals surface area contributed by atoms with Crippen molar-refractivity contribution in [2.75, 3.05) is 6.54 Å². The first-order chi connectivity index (χ1) is 7.41. The lowest BCUT2D eigenvalue weighted by Crippen LogP contribution is -2.10. The Labute approximate surface area is 101 Å². The smallest absolute Gasteiger partial charge is 0.0457 e. The summed E-state index contributed by atoms with van der Waals surface area (Å²) in [5, 5.41) is 8.53. The van der Waals surface area contributed by atoms with Gasteiger partial charge >= 0.3 is 0 Å². The second kappa shape index (κ2) is 9.37. The topological polar surface area (TPSA) is 32.3 Å². The predicted octanol–water partition coefficient (Wildman–Crippen LogP) is 4.10. The summed E-state index contributed by atoms with van der Waals surface area (Å²) in [6.45, 7) is 16.7. The molecule has 0 aromatic carbocycles. The molecule has 94 valence electrons. The van der Waals surface area contributed by atoms with Crippen molar-refractivity contribution in [1.82, 2.24) is 5.48 Å². The summed E-state index contributed by atoms with van der Waals surface area (Å²) >= 11 is 0. The maximum atomic E-state index is 8.53. The zero-order valence-electron chi connectivity index (χ0n) is 11.6. The Kier molecular flexibility index (Phi) is 10.3. The van der Waals surface area contributed by atoms with Gasteiger partial charge in [0, 0.05) is 6.54 Å². The average Bonchev–Trinajstić information content (AvgIpc) is 2.25. The van der Waals surface area contributed by atoms with Crippen LogP contribution >= 0.6 is 0 Å². The highest BCUT2D eigenvalue weighted by molar-refractivity contribution is 5.26. The molecule has 0 rings (SSSR count). The van der Waals surface area contributed by atoms with Gasteiger partial charge in [0.1, 0.15) is 0 Å². The highest BCUT2D eigenvalue weighted by Gasteiger charge is 2.10. The fraction of sp³-hybridized carbons (Fsp3) is 0.571. The van der Waals surface area contributed by atoms with Crippen LogP contribution in [0.3, 0.4) is 0 Å². The van der Waals surface area contributed by atoms with E-state index in [0.29, 0.717) is 6.54 Å². The predicted molar refractivity (Wildman–Crippen MR) is 72.6 cm³/mol. The zero-order valence-corrected chi connectivity index (χ0v) is 11.6. The van der Waals surface area contributed by atoms with Gasteiger partial charge in [-0.05, 0) is 17.9 Å². The van der Waals surface area contributed by atoms with Crippen molar-refractivity contribution in [3.63, 3.8) is 0 Å². The van der Waals surface area contributed by atoms with E-state index in [4.69, 9.17) is 5.21 Å². The summed E-state index contributed by atoms with van der Waals surface area (Å²) in [5.41, 5.74) is 4.57. The van der Waals surface area contributed by atoms with Crippen LogP contribution in [0.1, 0.15) is 41.5 Å². The van der Waals surface area contributed by atoms with Gasteiger partial charge in [0.05, 0.1) is 0 Å². The Morgan fingerprint density at radius 3 is 2.06 bits per heavy atom. The largest absolute Gasteiger partial charge is 0.316 e. The van der Waals surface area contributed by atoms with Crippen molar-refractivity contribution in [3.05, 3.63) is 36.0 Å². The molecule has 2 N–H and O–H groups in total. The summed E-state index contributed by atoms with van der Waals surface area (Å²) in [6.07, 6.45) is 5.76. The molecule has 0 aliphatic carbocycles. The molecule has 0 aliphatic rings. The summed E-state index contributed by atoms with van der Waals surface area (Å²) < 4.78 is 0. The minimum Gasteiger partial charge on any atom is -0.316 e. The Bertz CT molecular complexity index is 244. The molecule has 0 saturated carbocycles. The Hall–Kier alpha value is -0.860. The lowest BCUT2D eigenvalue weighted by molar-refractivity contribution is 0.178. The summed E-state index contributed by atoms with van der Waals surface area (Å²) in [7, 11) is 0. The molecule has 2 heteroatoms. The van der Waals surface area contributed by atoms with Crippen molar-refractivity contribution in [1.29, 1.82) is 0 Å². The normalized spacial score (nSPS) is 12.9. The Morgan fingerprint density at radius 2 is 1.75 bits per heavy atom. The first-order valence-electron chi connectivity index (χ1n) is 5.79. The number of rotatable bonds is 4. The van der Waals surface area contributed by atoms with E-state index in [1.54, 1.807) is 6.08 Å². The molecule has 2 nitrogen and oxygen atoms in total. The van der Waals surface area contributed by atoms with Crippen LogP contribution in [0, 0.1) is 5.41 Å². The quantitative estimate of drug-likeness (QED) is 0.558. The van der Waals surface area contributed by atoms with E-state index in [1.807, 2.05) is 19.9 Å². The molecule has 0 bridgehead atoms. The first kappa shape index (κ1) is 17.5. The van der Waals surface area contributed by atoms with Gasteiger partial charge in [-0.3, -0.25) is 0 Å². The van der Waals surface area contributed by atoms with Gasteiger partial charge in [-0.2, -0.15) is 0 Å². The average molecular weight is 225 g/mol. The monoisotopic (exact) mass is 225 g/mol. The van der Waals surface area contributed by atoms with E-state index in [0.717, 1.165) is 5.57 Å². The number of hydrogen-bond donors (Lipinski definition) is 2. The lowest BCUT2D eigenvalue weighted by Gasteiger charge is -2.18. The third-order valence-corrected chi connectivity index (χ3v) is 2.28. The number of nitrogens with one attached hydrogen (secondary N) is 1. The van der Waals surface area contributed by atoms with Crippen molar-refractivity contribution < 1.29 is 5.21 Å². The maximum absolute atomic E-state index is 8.53. The number of allylic oxidation sites excluding steroid dienone is 3. The molecular formula is C14H27NO. The van der Waals surface area contributed by atoms with Crippen LogP contribution in [0.25, 0.3) is 0 Å². The molecular weight excluding hydrogens is 198 g/mol. The summed E-state index contributed by atoms with van der Waals surface area (Å²) in [5.74, 6) is 0. The summed E-state index contributed by atoms with van der Waals surface area (Å²) in [6, 6.07) is 0. The maximum Gasteiger partial charge on any atom is 0.0457 e. The van der Waals surface area contributed by atoms with E-state index >= 15 is 0 Å². The zero-order chi connectivity index (χ0) is 13.2. The molecule has 0 spiro atoms. The highest BCUT2D eigenvalue weighted by atomic mass is 16.5. The standard InChI is InChI=1S/C12H21NO.C2H6/c1-6-11(9-13-14)8-7-10(2)12(3,4)5;1-2/h6-8,13-14H,1,9H2,2-5H3;1-2H3/b10-7+,11-8+;. The van der Waals surface area contributed by atoms with Crippen molar-refractivity contribution >= 4 is 0 Å². The molecule has 0 saturated heterocycles. The fourth-order valence-electron chi connectivity index (χ4n) is 0.772. The minimum absolute atomic E-state index is 0.190. The molecule has 0 aliphatic heterocycles. The third kappa shape index (κ3) is 8.45. The van der Waals surface area contributed by atoms with Gasteiger partial charge in [0.25, 0.3) is 0 Å². The van der Waals surface area contributed by atoms with Gasteiger partial charge in [0.2, 0.25) is 0 Å². The van der Waals surface area contributed by atoms with Crippen LogP contribution in [0.2, 0.25) is 0 Å². The van der Waals surface area contributed by atoms with Crippen molar-refractivity contribution in [2.24, 2.45) is 5.41 Å². The molecule has 0 aromatic heterocycles. The molecule has 0 unspecified atom stereocenters.